The lowest BCUT2D eigenvalue weighted by Crippen LogP contribution is -2.13. The fraction of sp³-hybridized carbons (Fsp3) is 0.286. The average Bonchev–Trinajstić information content (AvgIpc) is 2.82. The highest BCUT2D eigenvalue weighted by Crippen LogP contribution is 2.21. The van der Waals surface area contributed by atoms with Gasteiger partial charge in [0.05, 0.1) is 27.0 Å². The number of nitrogens with zero attached hydrogens (tertiary/aromatic N) is 2. The molecule has 0 aliphatic rings. The fourth-order valence-corrected chi connectivity index (χ4v) is 1.94. The highest BCUT2D eigenvalue weighted by Gasteiger charge is 2.17. The summed E-state index contributed by atoms with van der Waals surface area (Å²) in [6.45, 7) is 1.92. The Kier molecular flexibility index (Phi) is 4.02. The topological polar surface area (TPSA) is 53.3 Å². The van der Waals surface area contributed by atoms with Crippen molar-refractivity contribution >= 4 is 5.97 Å². The summed E-state index contributed by atoms with van der Waals surface area (Å²) in [7, 11) is 2.70. The molecule has 0 saturated heterocycles. The first-order valence-electron chi connectivity index (χ1n) is 6.00. The van der Waals surface area contributed by atoms with E-state index in [1.54, 1.807) is 29.7 Å². The molecule has 1 heterocycles. The van der Waals surface area contributed by atoms with E-state index in [0.29, 0.717) is 11.4 Å². The van der Waals surface area contributed by atoms with E-state index in [4.69, 9.17) is 4.74 Å². The summed E-state index contributed by atoms with van der Waals surface area (Å²) < 4.78 is 25.4. The molecule has 2 aromatic rings. The summed E-state index contributed by atoms with van der Waals surface area (Å²) in [5, 5.41) is 0. The molecule has 0 amide bonds. The number of benzene rings is 1. The Morgan fingerprint density at radius 2 is 2.15 bits per heavy atom. The van der Waals surface area contributed by atoms with E-state index in [1.165, 1.54) is 20.4 Å². The van der Waals surface area contributed by atoms with E-state index in [9.17, 15) is 9.18 Å². The van der Waals surface area contributed by atoms with Gasteiger partial charge in [0.15, 0.2) is 11.6 Å². The maximum Gasteiger partial charge on any atom is 0.356 e. The summed E-state index contributed by atoms with van der Waals surface area (Å²) in [6, 6.07) is 4.88. The highest BCUT2D eigenvalue weighted by atomic mass is 19.1. The molecule has 1 aromatic carbocycles. The van der Waals surface area contributed by atoms with Gasteiger partial charge in [-0.15, -0.1) is 0 Å². The van der Waals surface area contributed by atoms with Crippen molar-refractivity contribution in [2.75, 3.05) is 14.2 Å². The second-order valence-corrected chi connectivity index (χ2v) is 4.20. The van der Waals surface area contributed by atoms with Crippen LogP contribution >= 0.6 is 0 Å². The lowest BCUT2D eigenvalue weighted by atomic mass is 10.2. The third kappa shape index (κ3) is 2.49. The molecule has 0 fully saturated rings. The standard InChI is InChI=1S/C14H15FN2O3/c1-9-16-7-11(14(18)20-3)17(9)8-10-5-4-6-12(19-2)13(10)15/h4-7H,8H2,1-3H3. The summed E-state index contributed by atoms with van der Waals surface area (Å²) in [6.07, 6.45) is 1.42. The van der Waals surface area contributed by atoms with Gasteiger partial charge in [0.2, 0.25) is 0 Å². The van der Waals surface area contributed by atoms with E-state index >= 15 is 0 Å². The van der Waals surface area contributed by atoms with E-state index in [1.807, 2.05) is 0 Å². The average molecular weight is 278 g/mol. The molecule has 0 radical (unpaired) electrons. The highest BCUT2D eigenvalue weighted by molar-refractivity contribution is 5.87. The molecule has 0 aliphatic carbocycles. The van der Waals surface area contributed by atoms with Crippen molar-refractivity contribution < 1.29 is 18.7 Å². The first-order chi connectivity index (χ1) is 9.58. The number of imidazole rings is 1. The Morgan fingerprint density at radius 1 is 1.40 bits per heavy atom. The van der Waals surface area contributed by atoms with Gasteiger partial charge < -0.3 is 14.0 Å². The number of carbonyl (C=O) groups excluding carboxylic acids is 1. The van der Waals surface area contributed by atoms with Crippen LogP contribution in [0.3, 0.4) is 0 Å². The molecule has 0 N–H and O–H groups in total. The summed E-state index contributed by atoms with van der Waals surface area (Å²) in [5.41, 5.74) is 0.697. The number of methoxy groups -OCH3 is 2. The molecule has 1 aromatic heterocycles. The Balaban J connectivity index is 2.40. The van der Waals surface area contributed by atoms with Gasteiger partial charge in [-0.2, -0.15) is 0 Å². The number of ether oxygens (including phenoxy) is 2. The first-order valence-corrected chi connectivity index (χ1v) is 6.00. The predicted octanol–water partition coefficient (Wildman–Crippen LogP) is 2.17. The normalized spacial score (nSPS) is 10.4. The molecule has 0 bridgehead atoms. The number of aromatic nitrogens is 2. The number of hydrogen-bond acceptors (Lipinski definition) is 4. The van der Waals surface area contributed by atoms with Crippen LogP contribution in [0.25, 0.3) is 0 Å². The van der Waals surface area contributed by atoms with Gasteiger partial charge in [0.25, 0.3) is 0 Å². The molecule has 0 saturated carbocycles. The lowest BCUT2D eigenvalue weighted by molar-refractivity contribution is 0.0588. The van der Waals surface area contributed by atoms with Gasteiger partial charge in [-0.05, 0) is 13.0 Å². The maximum absolute atomic E-state index is 14.1. The molecule has 6 heteroatoms. The largest absolute Gasteiger partial charge is 0.494 e. The third-order valence-corrected chi connectivity index (χ3v) is 3.04. The van der Waals surface area contributed by atoms with Crippen molar-refractivity contribution in [3.8, 4) is 5.75 Å². The van der Waals surface area contributed by atoms with E-state index in [-0.39, 0.29) is 18.0 Å². The van der Waals surface area contributed by atoms with Crippen molar-refractivity contribution in [1.29, 1.82) is 0 Å². The van der Waals surface area contributed by atoms with Crippen molar-refractivity contribution in [1.82, 2.24) is 9.55 Å². The molecule has 0 aliphatic heterocycles. The molecular formula is C14H15FN2O3. The van der Waals surface area contributed by atoms with Crippen LogP contribution in [0.2, 0.25) is 0 Å². The van der Waals surface area contributed by atoms with Crippen LogP contribution in [-0.2, 0) is 11.3 Å². The fourth-order valence-electron chi connectivity index (χ4n) is 1.94. The Labute approximate surface area is 116 Å². The van der Waals surface area contributed by atoms with Crippen LogP contribution in [0.15, 0.2) is 24.4 Å². The first kappa shape index (κ1) is 14.0. The smallest absolute Gasteiger partial charge is 0.356 e. The van der Waals surface area contributed by atoms with Crippen LogP contribution in [-0.4, -0.2) is 29.7 Å². The SMILES string of the molecule is COC(=O)c1cnc(C)n1Cc1cccc(OC)c1F. The van der Waals surface area contributed by atoms with Crippen molar-refractivity contribution in [2.24, 2.45) is 0 Å². The van der Waals surface area contributed by atoms with Gasteiger partial charge in [-0.1, -0.05) is 12.1 Å². The van der Waals surface area contributed by atoms with Gasteiger partial charge >= 0.3 is 5.97 Å². The second kappa shape index (κ2) is 5.73. The molecule has 2 rings (SSSR count). The predicted molar refractivity (Wildman–Crippen MR) is 70.4 cm³/mol. The number of carbonyl (C=O) groups is 1. The molecule has 106 valence electrons. The number of esters is 1. The second-order valence-electron chi connectivity index (χ2n) is 4.20. The minimum Gasteiger partial charge on any atom is -0.494 e. The Morgan fingerprint density at radius 3 is 2.80 bits per heavy atom. The molecule has 0 unspecified atom stereocenters. The van der Waals surface area contributed by atoms with Crippen molar-refractivity contribution in [3.05, 3.63) is 47.3 Å². The van der Waals surface area contributed by atoms with Gasteiger partial charge in [-0.25, -0.2) is 14.2 Å². The van der Waals surface area contributed by atoms with E-state index < -0.39 is 11.8 Å². The Bertz CT molecular complexity index is 637. The monoisotopic (exact) mass is 278 g/mol. The lowest BCUT2D eigenvalue weighted by Gasteiger charge is -2.11. The molecule has 20 heavy (non-hydrogen) atoms. The van der Waals surface area contributed by atoms with Gasteiger partial charge in [0, 0.05) is 5.56 Å². The van der Waals surface area contributed by atoms with Crippen LogP contribution < -0.4 is 4.74 Å². The zero-order valence-electron chi connectivity index (χ0n) is 11.5. The quantitative estimate of drug-likeness (QED) is 0.804. The summed E-state index contributed by atoms with van der Waals surface area (Å²) in [4.78, 5) is 15.7. The zero-order chi connectivity index (χ0) is 14.7. The molecule has 5 nitrogen and oxygen atoms in total. The minimum atomic E-state index is -0.506. The van der Waals surface area contributed by atoms with Crippen LogP contribution in [0, 0.1) is 12.7 Å². The molecule has 0 spiro atoms. The molecular weight excluding hydrogens is 263 g/mol. The van der Waals surface area contributed by atoms with Crippen LogP contribution in [0.5, 0.6) is 5.75 Å². The van der Waals surface area contributed by atoms with Crippen LogP contribution in [0.1, 0.15) is 21.9 Å². The van der Waals surface area contributed by atoms with E-state index in [2.05, 4.69) is 9.72 Å². The maximum atomic E-state index is 14.1. The number of aryl methyl sites for hydroxylation is 1. The van der Waals surface area contributed by atoms with Crippen molar-refractivity contribution in [3.63, 3.8) is 0 Å². The van der Waals surface area contributed by atoms with E-state index in [0.717, 1.165) is 0 Å². The van der Waals surface area contributed by atoms with Crippen molar-refractivity contribution in [2.45, 2.75) is 13.5 Å². The summed E-state index contributed by atoms with van der Waals surface area (Å²) >= 11 is 0. The Hall–Kier alpha value is -2.37. The van der Waals surface area contributed by atoms with Gasteiger partial charge in [-0.3, -0.25) is 0 Å². The van der Waals surface area contributed by atoms with Crippen LogP contribution in [0.4, 0.5) is 4.39 Å². The number of halogens is 1. The zero-order valence-corrected chi connectivity index (χ0v) is 11.5. The van der Waals surface area contributed by atoms with Gasteiger partial charge in [0.1, 0.15) is 11.5 Å². The number of rotatable bonds is 4. The minimum absolute atomic E-state index is 0.167. The summed E-state index contributed by atoms with van der Waals surface area (Å²) in [5.74, 6) is -0.180. The third-order valence-electron chi connectivity index (χ3n) is 3.04. The number of hydrogen-bond donors (Lipinski definition) is 0. The molecule has 0 atom stereocenters.